The van der Waals surface area contributed by atoms with E-state index in [0.717, 1.165) is 31.6 Å². The molecule has 1 fully saturated rings. The lowest BCUT2D eigenvalue weighted by Crippen LogP contribution is -2.31. The first-order valence-corrected chi connectivity index (χ1v) is 6.66. The van der Waals surface area contributed by atoms with Gasteiger partial charge in [-0.1, -0.05) is 27.7 Å². The Morgan fingerprint density at radius 2 is 1.71 bits per heavy atom. The molecular formula is C14H26O3. The summed E-state index contributed by atoms with van der Waals surface area (Å²) in [6.45, 7) is 10.3. The largest absolute Gasteiger partial charge is 0.508 e. The number of carbonyl (C=O) groups is 1. The van der Waals surface area contributed by atoms with E-state index in [0.29, 0.717) is 0 Å². The second-order valence-corrected chi connectivity index (χ2v) is 6.38. The lowest BCUT2D eigenvalue weighted by Gasteiger charge is -2.29. The summed E-state index contributed by atoms with van der Waals surface area (Å²) < 4.78 is 10.6. The summed E-state index contributed by atoms with van der Waals surface area (Å²) in [6, 6.07) is 0. The molecule has 17 heavy (non-hydrogen) atoms. The zero-order chi connectivity index (χ0) is 13.1. The van der Waals surface area contributed by atoms with Gasteiger partial charge in [-0.15, -0.1) is 0 Å². The molecule has 0 heterocycles. The summed E-state index contributed by atoms with van der Waals surface area (Å²) >= 11 is 0. The van der Waals surface area contributed by atoms with E-state index in [1.165, 1.54) is 0 Å². The van der Waals surface area contributed by atoms with Crippen LogP contribution >= 0.6 is 0 Å². The zero-order valence-corrected chi connectivity index (χ0v) is 11.8. The van der Waals surface area contributed by atoms with Crippen LogP contribution in [0.3, 0.4) is 0 Å². The van der Waals surface area contributed by atoms with Crippen molar-refractivity contribution in [3.63, 3.8) is 0 Å². The minimum absolute atomic E-state index is 0.0416. The van der Waals surface area contributed by atoms with Gasteiger partial charge in [0.05, 0.1) is 0 Å². The fourth-order valence-corrected chi connectivity index (χ4v) is 1.83. The zero-order valence-electron chi connectivity index (χ0n) is 11.8. The van der Waals surface area contributed by atoms with Crippen LogP contribution < -0.4 is 0 Å². The predicted molar refractivity (Wildman–Crippen MR) is 67.9 cm³/mol. The van der Waals surface area contributed by atoms with E-state index < -0.39 is 6.16 Å². The first-order valence-electron chi connectivity index (χ1n) is 6.66. The molecule has 0 spiro atoms. The van der Waals surface area contributed by atoms with Gasteiger partial charge in [0, 0.05) is 0 Å². The maximum Gasteiger partial charge on any atom is 0.508 e. The number of hydrogen-bond donors (Lipinski definition) is 0. The number of hydrogen-bond acceptors (Lipinski definition) is 3. The Morgan fingerprint density at radius 3 is 2.18 bits per heavy atom. The van der Waals surface area contributed by atoms with Gasteiger partial charge in [0.1, 0.15) is 12.2 Å². The van der Waals surface area contributed by atoms with Gasteiger partial charge < -0.3 is 9.47 Å². The van der Waals surface area contributed by atoms with Crippen LogP contribution in [0.4, 0.5) is 4.79 Å². The third kappa shape index (κ3) is 4.97. The van der Waals surface area contributed by atoms with Gasteiger partial charge in [0.2, 0.25) is 0 Å². The van der Waals surface area contributed by atoms with Crippen LogP contribution in [-0.4, -0.2) is 18.4 Å². The third-order valence-corrected chi connectivity index (χ3v) is 3.72. The third-order valence-electron chi connectivity index (χ3n) is 3.72. The highest BCUT2D eigenvalue weighted by molar-refractivity contribution is 5.60. The van der Waals surface area contributed by atoms with Gasteiger partial charge >= 0.3 is 6.16 Å². The summed E-state index contributed by atoms with van der Waals surface area (Å²) in [5, 5.41) is 0. The SMILES string of the molecule is CC1CCC(OC(=O)OC(C)C(C)(C)C)CC1. The van der Waals surface area contributed by atoms with Gasteiger partial charge in [-0.2, -0.15) is 0 Å². The molecule has 3 nitrogen and oxygen atoms in total. The highest BCUT2D eigenvalue weighted by Crippen LogP contribution is 2.27. The quantitative estimate of drug-likeness (QED) is 0.682. The highest BCUT2D eigenvalue weighted by Gasteiger charge is 2.27. The van der Waals surface area contributed by atoms with Crippen LogP contribution in [0.25, 0.3) is 0 Å². The van der Waals surface area contributed by atoms with Crippen molar-refractivity contribution < 1.29 is 14.3 Å². The van der Waals surface area contributed by atoms with Crippen molar-refractivity contribution >= 4 is 6.16 Å². The van der Waals surface area contributed by atoms with Gasteiger partial charge in [0.15, 0.2) is 0 Å². The molecular weight excluding hydrogens is 216 g/mol. The molecule has 100 valence electrons. The first-order chi connectivity index (χ1) is 7.79. The smallest absolute Gasteiger partial charge is 0.431 e. The topological polar surface area (TPSA) is 35.5 Å². The molecule has 0 aromatic carbocycles. The molecule has 0 aliphatic heterocycles. The van der Waals surface area contributed by atoms with E-state index in [1.807, 2.05) is 27.7 Å². The van der Waals surface area contributed by atoms with E-state index in [2.05, 4.69) is 6.92 Å². The molecule has 1 unspecified atom stereocenters. The van der Waals surface area contributed by atoms with E-state index in [4.69, 9.17) is 9.47 Å². The molecule has 0 bridgehead atoms. The molecule has 1 atom stereocenters. The van der Waals surface area contributed by atoms with Crippen molar-refractivity contribution in [3.05, 3.63) is 0 Å². The van der Waals surface area contributed by atoms with Gasteiger partial charge in [-0.25, -0.2) is 4.79 Å². The number of carbonyl (C=O) groups excluding carboxylic acids is 1. The fourth-order valence-electron chi connectivity index (χ4n) is 1.83. The summed E-state index contributed by atoms with van der Waals surface area (Å²) in [4.78, 5) is 11.6. The van der Waals surface area contributed by atoms with Crippen LogP contribution in [0.15, 0.2) is 0 Å². The maximum absolute atomic E-state index is 11.6. The monoisotopic (exact) mass is 242 g/mol. The summed E-state index contributed by atoms with van der Waals surface area (Å²) in [5.41, 5.74) is -0.0416. The molecule has 3 heteroatoms. The summed E-state index contributed by atoms with van der Waals surface area (Å²) in [5.74, 6) is 0.763. The summed E-state index contributed by atoms with van der Waals surface area (Å²) in [7, 11) is 0. The van der Waals surface area contributed by atoms with E-state index in [9.17, 15) is 4.79 Å². The van der Waals surface area contributed by atoms with Crippen molar-refractivity contribution in [2.24, 2.45) is 11.3 Å². The minimum Gasteiger partial charge on any atom is -0.431 e. The number of ether oxygens (including phenoxy) is 2. The average molecular weight is 242 g/mol. The van der Waals surface area contributed by atoms with E-state index in [1.54, 1.807) is 0 Å². The number of rotatable bonds is 2. The Hall–Kier alpha value is -0.730. The van der Waals surface area contributed by atoms with Crippen LogP contribution in [0.5, 0.6) is 0 Å². The van der Waals surface area contributed by atoms with Crippen molar-refractivity contribution in [3.8, 4) is 0 Å². The van der Waals surface area contributed by atoms with Crippen molar-refractivity contribution in [1.29, 1.82) is 0 Å². The van der Waals surface area contributed by atoms with Crippen LogP contribution in [0.2, 0.25) is 0 Å². The average Bonchev–Trinajstić information content (AvgIpc) is 2.20. The Balaban J connectivity index is 2.30. The lowest BCUT2D eigenvalue weighted by atomic mass is 9.89. The Labute approximate surface area is 105 Å². The molecule has 0 saturated heterocycles. The van der Waals surface area contributed by atoms with Gasteiger partial charge in [-0.3, -0.25) is 0 Å². The first kappa shape index (κ1) is 14.3. The second-order valence-electron chi connectivity index (χ2n) is 6.38. The van der Waals surface area contributed by atoms with E-state index in [-0.39, 0.29) is 17.6 Å². The fraction of sp³-hybridized carbons (Fsp3) is 0.929. The normalized spacial score (nSPS) is 27.4. The standard InChI is InChI=1S/C14H26O3/c1-10-6-8-12(9-7-10)17-13(15)16-11(2)14(3,4)5/h10-12H,6-9H2,1-5H3. The predicted octanol–water partition coefficient (Wildman–Crippen LogP) is 4.15. The van der Waals surface area contributed by atoms with Crippen LogP contribution in [-0.2, 0) is 9.47 Å². The Bertz CT molecular complexity index is 247. The highest BCUT2D eigenvalue weighted by atomic mass is 16.7. The molecule has 1 aliphatic rings. The molecule has 1 rings (SSSR count). The van der Waals surface area contributed by atoms with Crippen LogP contribution in [0, 0.1) is 11.3 Å². The lowest BCUT2D eigenvalue weighted by molar-refractivity contribution is -0.0354. The maximum atomic E-state index is 11.6. The summed E-state index contributed by atoms with van der Waals surface area (Å²) in [6.07, 6.45) is 3.66. The second kappa shape index (κ2) is 5.74. The molecule has 0 radical (unpaired) electrons. The molecule has 0 aromatic rings. The Kier molecular flexibility index (Phi) is 4.84. The Morgan fingerprint density at radius 1 is 1.18 bits per heavy atom. The molecule has 0 aromatic heterocycles. The van der Waals surface area contributed by atoms with Crippen molar-refractivity contribution in [2.75, 3.05) is 0 Å². The van der Waals surface area contributed by atoms with Crippen molar-refractivity contribution in [1.82, 2.24) is 0 Å². The molecule has 0 amide bonds. The van der Waals surface area contributed by atoms with Crippen LogP contribution in [0.1, 0.15) is 60.3 Å². The minimum atomic E-state index is -0.507. The van der Waals surface area contributed by atoms with Gasteiger partial charge in [-0.05, 0) is 43.9 Å². The van der Waals surface area contributed by atoms with Gasteiger partial charge in [0.25, 0.3) is 0 Å². The van der Waals surface area contributed by atoms with Crippen molar-refractivity contribution in [2.45, 2.75) is 72.5 Å². The molecule has 1 saturated carbocycles. The molecule has 1 aliphatic carbocycles. The van der Waals surface area contributed by atoms with E-state index >= 15 is 0 Å². The molecule has 0 N–H and O–H groups in total.